The molecule has 1 amide bonds. The summed E-state index contributed by atoms with van der Waals surface area (Å²) in [5, 5.41) is 3.03. The molecule has 1 saturated heterocycles. The van der Waals surface area contributed by atoms with Crippen LogP contribution in [0.1, 0.15) is 12.8 Å². The minimum absolute atomic E-state index is 0.281. The van der Waals surface area contributed by atoms with Crippen LogP contribution in [-0.2, 0) is 4.79 Å². The molecule has 1 aliphatic heterocycles. The monoisotopic (exact) mass is 154 g/mol. The molecule has 3 nitrogen and oxygen atoms in total. The van der Waals surface area contributed by atoms with Gasteiger partial charge in [-0.25, -0.2) is 0 Å². The van der Waals surface area contributed by atoms with Crippen LogP contribution in [0.25, 0.3) is 0 Å². The number of carbonyl (C=O) groups is 1. The minimum atomic E-state index is 0.281. The third-order valence-corrected chi connectivity index (χ3v) is 2.36. The lowest BCUT2D eigenvalue weighted by atomic mass is 10.1. The SMILES string of the molecule is CN1CC(NC(=O)C2CC2)C1. The Balaban J connectivity index is 1.69. The fourth-order valence-corrected chi connectivity index (χ4v) is 1.45. The third-order valence-electron chi connectivity index (χ3n) is 2.36. The molecule has 2 aliphatic rings. The van der Waals surface area contributed by atoms with Crippen molar-refractivity contribution in [2.75, 3.05) is 20.1 Å². The van der Waals surface area contributed by atoms with Crippen LogP contribution in [0.4, 0.5) is 0 Å². The number of nitrogens with zero attached hydrogens (tertiary/aromatic N) is 1. The molecule has 11 heavy (non-hydrogen) atoms. The summed E-state index contributed by atoms with van der Waals surface area (Å²) >= 11 is 0. The number of amides is 1. The zero-order chi connectivity index (χ0) is 7.84. The first-order chi connectivity index (χ1) is 5.25. The number of likely N-dealkylation sites (tertiary alicyclic amines) is 1. The molecule has 0 bridgehead atoms. The summed E-state index contributed by atoms with van der Waals surface area (Å²) in [6, 6.07) is 0.438. The molecule has 3 heteroatoms. The van der Waals surface area contributed by atoms with E-state index in [9.17, 15) is 4.79 Å². The summed E-state index contributed by atoms with van der Waals surface area (Å²) in [6.45, 7) is 2.05. The van der Waals surface area contributed by atoms with Crippen molar-refractivity contribution >= 4 is 5.91 Å². The Bertz CT molecular complexity index is 171. The maximum absolute atomic E-state index is 11.2. The highest BCUT2D eigenvalue weighted by Crippen LogP contribution is 2.29. The van der Waals surface area contributed by atoms with Gasteiger partial charge in [-0.2, -0.15) is 0 Å². The first-order valence-corrected chi connectivity index (χ1v) is 4.24. The fraction of sp³-hybridized carbons (Fsp3) is 0.875. The molecule has 2 fully saturated rings. The van der Waals surface area contributed by atoms with E-state index in [1.807, 2.05) is 0 Å². The molecule has 0 aromatic carbocycles. The van der Waals surface area contributed by atoms with Crippen LogP contribution >= 0.6 is 0 Å². The zero-order valence-electron chi connectivity index (χ0n) is 6.84. The van der Waals surface area contributed by atoms with Crippen molar-refractivity contribution in [2.24, 2.45) is 5.92 Å². The zero-order valence-corrected chi connectivity index (χ0v) is 6.84. The van der Waals surface area contributed by atoms with Gasteiger partial charge >= 0.3 is 0 Å². The number of likely N-dealkylation sites (N-methyl/N-ethyl adjacent to an activating group) is 1. The second kappa shape index (κ2) is 2.48. The molecule has 0 aromatic rings. The molecule has 2 rings (SSSR count). The Hall–Kier alpha value is -0.570. The Labute approximate surface area is 66.8 Å². The van der Waals surface area contributed by atoms with Crippen LogP contribution in [0.3, 0.4) is 0 Å². The number of hydrogen-bond donors (Lipinski definition) is 1. The average Bonchev–Trinajstić information content (AvgIpc) is 2.64. The van der Waals surface area contributed by atoms with E-state index in [0.717, 1.165) is 25.9 Å². The van der Waals surface area contributed by atoms with Crippen LogP contribution in [0.5, 0.6) is 0 Å². The van der Waals surface area contributed by atoms with Gasteiger partial charge in [0, 0.05) is 19.0 Å². The molecule has 62 valence electrons. The van der Waals surface area contributed by atoms with E-state index in [-0.39, 0.29) is 5.91 Å². The Morgan fingerprint density at radius 3 is 2.55 bits per heavy atom. The summed E-state index contributed by atoms with van der Waals surface area (Å²) in [5.74, 6) is 0.643. The van der Waals surface area contributed by atoms with Gasteiger partial charge in [0.25, 0.3) is 0 Å². The Morgan fingerprint density at radius 2 is 2.09 bits per heavy atom. The molecule has 0 atom stereocenters. The minimum Gasteiger partial charge on any atom is -0.351 e. The van der Waals surface area contributed by atoms with E-state index in [0.29, 0.717) is 12.0 Å². The number of hydrogen-bond acceptors (Lipinski definition) is 2. The van der Waals surface area contributed by atoms with E-state index in [1.165, 1.54) is 0 Å². The van der Waals surface area contributed by atoms with Gasteiger partial charge in [0.15, 0.2) is 0 Å². The van der Waals surface area contributed by atoms with Crippen molar-refractivity contribution in [1.82, 2.24) is 10.2 Å². The van der Waals surface area contributed by atoms with Crippen molar-refractivity contribution in [1.29, 1.82) is 0 Å². The molecule has 0 radical (unpaired) electrons. The van der Waals surface area contributed by atoms with Crippen molar-refractivity contribution in [2.45, 2.75) is 18.9 Å². The number of nitrogens with one attached hydrogen (secondary N) is 1. The van der Waals surface area contributed by atoms with Crippen LogP contribution < -0.4 is 5.32 Å². The van der Waals surface area contributed by atoms with Crippen LogP contribution in [0, 0.1) is 5.92 Å². The molecular formula is C8H14N2O. The van der Waals surface area contributed by atoms with Gasteiger partial charge < -0.3 is 10.2 Å². The lowest BCUT2D eigenvalue weighted by molar-refractivity contribution is -0.124. The van der Waals surface area contributed by atoms with Gasteiger partial charge in [-0.05, 0) is 19.9 Å². The molecule has 1 saturated carbocycles. The quantitative estimate of drug-likeness (QED) is 0.598. The number of carbonyl (C=O) groups excluding carboxylic acids is 1. The van der Waals surface area contributed by atoms with Gasteiger partial charge in [-0.3, -0.25) is 4.79 Å². The Kier molecular flexibility index (Phi) is 1.60. The molecule has 0 unspecified atom stereocenters. The average molecular weight is 154 g/mol. The maximum Gasteiger partial charge on any atom is 0.223 e. The second-order valence-electron chi connectivity index (χ2n) is 3.70. The third kappa shape index (κ3) is 1.53. The normalized spacial score (nSPS) is 26.3. The van der Waals surface area contributed by atoms with E-state index in [4.69, 9.17) is 0 Å². The summed E-state index contributed by atoms with van der Waals surface area (Å²) in [4.78, 5) is 13.4. The first-order valence-electron chi connectivity index (χ1n) is 4.24. The van der Waals surface area contributed by atoms with Gasteiger partial charge in [0.2, 0.25) is 5.91 Å². The first kappa shape index (κ1) is 7.10. The maximum atomic E-state index is 11.2. The highest BCUT2D eigenvalue weighted by Gasteiger charge is 2.33. The van der Waals surface area contributed by atoms with Crippen molar-refractivity contribution < 1.29 is 4.79 Å². The summed E-state index contributed by atoms with van der Waals surface area (Å²) in [5.41, 5.74) is 0. The molecule has 0 spiro atoms. The topological polar surface area (TPSA) is 32.3 Å². The van der Waals surface area contributed by atoms with E-state index in [1.54, 1.807) is 0 Å². The van der Waals surface area contributed by atoms with Gasteiger partial charge in [-0.1, -0.05) is 0 Å². The van der Waals surface area contributed by atoms with Crippen molar-refractivity contribution in [3.63, 3.8) is 0 Å². The highest BCUT2D eigenvalue weighted by atomic mass is 16.2. The fourth-order valence-electron chi connectivity index (χ4n) is 1.45. The molecule has 1 N–H and O–H groups in total. The Morgan fingerprint density at radius 1 is 1.45 bits per heavy atom. The summed E-state index contributed by atoms with van der Waals surface area (Å²) in [7, 11) is 2.07. The second-order valence-corrected chi connectivity index (χ2v) is 3.70. The predicted octanol–water partition coefficient (Wildman–Crippen LogP) is -0.173. The van der Waals surface area contributed by atoms with E-state index in [2.05, 4.69) is 17.3 Å². The van der Waals surface area contributed by atoms with Crippen molar-refractivity contribution in [3.05, 3.63) is 0 Å². The standard InChI is InChI=1S/C8H14N2O/c1-10-4-7(5-10)9-8(11)6-2-3-6/h6-7H,2-5H2,1H3,(H,9,11). The van der Waals surface area contributed by atoms with Gasteiger partial charge in [0.1, 0.15) is 0 Å². The van der Waals surface area contributed by atoms with E-state index < -0.39 is 0 Å². The molecule has 1 heterocycles. The van der Waals surface area contributed by atoms with E-state index >= 15 is 0 Å². The molecule has 0 aromatic heterocycles. The molecule has 1 aliphatic carbocycles. The smallest absolute Gasteiger partial charge is 0.223 e. The van der Waals surface area contributed by atoms with Crippen LogP contribution in [0.2, 0.25) is 0 Å². The lowest BCUT2D eigenvalue weighted by Gasteiger charge is -2.36. The van der Waals surface area contributed by atoms with Crippen LogP contribution in [-0.4, -0.2) is 37.0 Å². The number of rotatable bonds is 2. The predicted molar refractivity (Wildman–Crippen MR) is 42.2 cm³/mol. The molecular weight excluding hydrogens is 140 g/mol. The van der Waals surface area contributed by atoms with Gasteiger partial charge in [0.05, 0.1) is 6.04 Å². The summed E-state index contributed by atoms with van der Waals surface area (Å²) in [6.07, 6.45) is 2.21. The lowest BCUT2D eigenvalue weighted by Crippen LogP contribution is -2.57. The largest absolute Gasteiger partial charge is 0.351 e. The highest BCUT2D eigenvalue weighted by molar-refractivity contribution is 5.81. The summed E-state index contributed by atoms with van der Waals surface area (Å²) < 4.78 is 0. The van der Waals surface area contributed by atoms with Crippen LogP contribution in [0.15, 0.2) is 0 Å². The van der Waals surface area contributed by atoms with Gasteiger partial charge in [-0.15, -0.1) is 0 Å². The van der Waals surface area contributed by atoms with Crippen molar-refractivity contribution in [3.8, 4) is 0 Å².